The molecule has 2 aromatic heterocycles. The zero-order valence-corrected chi connectivity index (χ0v) is 17.5. The zero-order valence-electron chi connectivity index (χ0n) is 17.5. The molecule has 4 rings (SSSR count). The van der Waals surface area contributed by atoms with Crippen LogP contribution in [0.5, 0.6) is 5.75 Å². The number of hydroxylamine groups is 1. The molecule has 1 aromatic carbocycles. The largest absolute Gasteiger partial charge is 0.487 e. The third kappa shape index (κ3) is 5.10. The van der Waals surface area contributed by atoms with E-state index >= 15 is 0 Å². The summed E-state index contributed by atoms with van der Waals surface area (Å²) in [5, 5.41) is 16.7. The predicted octanol–water partition coefficient (Wildman–Crippen LogP) is 2.95. The van der Waals surface area contributed by atoms with Crippen molar-refractivity contribution in [3.05, 3.63) is 59.9 Å². The van der Waals surface area contributed by atoms with Crippen LogP contribution < -0.4 is 20.9 Å². The van der Waals surface area contributed by atoms with Gasteiger partial charge in [0.25, 0.3) is 0 Å². The van der Waals surface area contributed by atoms with Crippen molar-refractivity contribution >= 4 is 22.6 Å². The lowest BCUT2D eigenvalue weighted by molar-refractivity contribution is -0.130. The third-order valence-corrected chi connectivity index (χ3v) is 5.64. The van der Waals surface area contributed by atoms with Gasteiger partial charge < -0.3 is 15.4 Å². The minimum atomic E-state index is -0.444. The molecule has 3 heterocycles. The third-order valence-electron chi connectivity index (χ3n) is 5.64. The highest BCUT2D eigenvalue weighted by atomic mass is 16.5. The molecule has 1 fully saturated rings. The van der Waals surface area contributed by atoms with E-state index in [9.17, 15) is 4.79 Å². The minimum Gasteiger partial charge on any atom is -0.487 e. The van der Waals surface area contributed by atoms with E-state index < -0.39 is 11.4 Å². The van der Waals surface area contributed by atoms with Crippen molar-refractivity contribution in [1.29, 1.82) is 0 Å². The van der Waals surface area contributed by atoms with Crippen molar-refractivity contribution in [3.63, 3.8) is 0 Å². The molecule has 3 aromatic rings. The van der Waals surface area contributed by atoms with E-state index in [0.29, 0.717) is 18.2 Å². The molecule has 1 aliphatic rings. The van der Waals surface area contributed by atoms with Gasteiger partial charge in [-0.1, -0.05) is 18.2 Å². The summed E-state index contributed by atoms with van der Waals surface area (Å²) in [6.07, 6.45) is 3.38. The van der Waals surface area contributed by atoms with Gasteiger partial charge in [0, 0.05) is 16.6 Å². The molecule has 4 N–H and O–H groups in total. The van der Waals surface area contributed by atoms with Crippen LogP contribution in [0.3, 0.4) is 0 Å². The molecular weight excluding hydrogens is 394 g/mol. The number of hydrogen-bond acceptors (Lipinski definition) is 7. The molecule has 0 saturated carbocycles. The van der Waals surface area contributed by atoms with Crippen molar-refractivity contribution in [2.24, 2.45) is 0 Å². The lowest BCUT2D eigenvalue weighted by Gasteiger charge is -2.38. The van der Waals surface area contributed by atoms with Gasteiger partial charge in [-0.3, -0.25) is 15.0 Å². The number of carbonyl (C=O) groups is 1. The molecular formula is C23H27N5O3. The van der Waals surface area contributed by atoms with E-state index in [1.807, 2.05) is 49.4 Å². The first-order chi connectivity index (χ1) is 15.1. The van der Waals surface area contributed by atoms with Gasteiger partial charge in [-0.2, -0.15) is 0 Å². The lowest BCUT2D eigenvalue weighted by Crippen LogP contribution is -2.50. The number of piperidine rings is 1. The average molecular weight is 422 g/mol. The molecule has 0 bridgehead atoms. The number of para-hydroxylation sites is 1. The fraction of sp³-hybridized carbons (Fsp3) is 0.348. The monoisotopic (exact) mass is 421 g/mol. The number of pyridine rings is 2. The molecule has 0 spiro atoms. The Morgan fingerprint density at radius 3 is 2.77 bits per heavy atom. The highest BCUT2D eigenvalue weighted by Gasteiger charge is 2.34. The Morgan fingerprint density at radius 1 is 1.23 bits per heavy atom. The van der Waals surface area contributed by atoms with Crippen LogP contribution in [0, 0.1) is 6.92 Å². The summed E-state index contributed by atoms with van der Waals surface area (Å²) in [4.78, 5) is 20.8. The van der Waals surface area contributed by atoms with E-state index in [2.05, 4.69) is 20.6 Å². The molecule has 0 aliphatic carbocycles. The Morgan fingerprint density at radius 2 is 2.03 bits per heavy atom. The van der Waals surface area contributed by atoms with E-state index in [0.717, 1.165) is 48.1 Å². The van der Waals surface area contributed by atoms with E-state index in [-0.39, 0.29) is 6.42 Å². The minimum absolute atomic E-state index is 0.180. The first-order valence-corrected chi connectivity index (χ1v) is 10.4. The van der Waals surface area contributed by atoms with Crippen LogP contribution in [-0.4, -0.2) is 39.7 Å². The molecule has 1 aliphatic heterocycles. The van der Waals surface area contributed by atoms with Crippen molar-refractivity contribution < 1.29 is 14.7 Å². The van der Waals surface area contributed by atoms with Gasteiger partial charge in [-0.05, 0) is 57.1 Å². The van der Waals surface area contributed by atoms with E-state index in [1.54, 1.807) is 11.7 Å². The van der Waals surface area contributed by atoms with Crippen LogP contribution in [0.25, 0.3) is 10.9 Å². The van der Waals surface area contributed by atoms with Crippen LogP contribution in [-0.2, 0) is 11.4 Å². The van der Waals surface area contributed by atoms with Crippen molar-refractivity contribution in [2.45, 2.75) is 38.3 Å². The molecule has 0 atom stereocenters. The second-order valence-corrected chi connectivity index (χ2v) is 7.97. The Kier molecular flexibility index (Phi) is 6.29. The van der Waals surface area contributed by atoms with Crippen LogP contribution in [0.2, 0.25) is 0 Å². The number of nitrogens with one attached hydrogen (secondary N) is 3. The number of aryl methyl sites for hydroxylation is 1. The second-order valence-electron chi connectivity index (χ2n) is 7.97. The van der Waals surface area contributed by atoms with Gasteiger partial charge in [0.05, 0.1) is 23.7 Å². The number of aromatic nitrogens is 2. The van der Waals surface area contributed by atoms with Crippen molar-refractivity contribution in [1.82, 2.24) is 20.8 Å². The van der Waals surface area contributed by atoms with Crippen molar-refractivity contribution in [3.8, 4) is 5.75 Å². The summed E-state index contributed by atoms with van der Waals surface area (Å²) in [7, 11) is 0. The number of fused-ring (bicyclic) bond motifs is 1. The summed E-state index contributed by atoms with van der Waals surface area (Å²) < 4.78 is 5.98. The van der Waals surface area contributed by atoms with Gasteiger partial charge in [0.1, 0.15) is 18.2 Å². The first-order valence-electron chi connectivity index (χ1n) is 10.4. The average Bonchev–Trinajstić information content (AvgIpc) is 2.78. The van der Waals surface area contributed by atoms with Crippen LogP contribution >= 0.6 is 0 Å². The quantitative estimate of drug-likeness (QED) is 0.343. The normalized spacial score (nSPS) is 15.4. The Balaban J connectivity index is 1.44. The molecule has 8 heteroatoms. The molecule has 8 nitrogen and oxygen atoms in total. The fourth-order valence-electron chi connectivity index (χ4n) is 4.08. The Hall–Kier alpha value is -3.23. The number of carbonyl (C=O) groups excluding carboxylic acids is 1. The SMILES string of the molecule is Cc1cc(COc2ccc(NC3(CC(=O)NO)CCNCC3)nc2)c2ccccc2n1. The number of amides is 1. The molecule has 1 amide bonds. The number of rotatable bonds is 7. The van der Waals surface area contributed by atoms with Crippen LogP contribution in [0.4, 0.5) is 5.82 Å². The highest BCUT2D eigenvalue weighted by Crippen LogP contribution is 2.28. The van der Waals surface area contributed by atoms with Crippen molar-refractivity contribution in [2.75, 3.05) is 18.4 Å². The number of ether oxygens (including phenoxy) is 1. The van der Waals surface area contributed by atoms with Gasteiger partial charge in [0.15, 0.2) is 0 Å². The van der Waals surface area contributed by atoms with Gasteiger partial charge >= 0.3 is 0 Å². The number of hydrogen-bond donors (Lipinski definition) is 4. The molecule has 162 valence electrons. The summed E-state index contributed by atoms with van der Waals surface area (Å²) in [5.41, 5.74) is 4.28. The topological polar surface area (TPSA) is 108 Å². The molecule has 31 heavy (non-hydrogen) atoms. The van der Waals surface area contributed by atoms with E-state index in [1.165, 1.54) is 0 Å². The summed E-state index contributed by atoms with van der Waals surface area (Å²) in [5.74, 6) is 0.927. The summed E-state index contributed by atoms with van der Waals surface area (Å²) in [6, 6.07) is 13.8. The van der Waals surface area contributed by atoms with Gasteiger partial charge in [-0.15, -0.1) is 0 Å². The standard InChI is InChI=1S/C23H27N5O3/c1-16-12-17(19-4-2-3-5-20(19)26-16)15-31-18-6-7-21(25-14-18)27-23(13-22(29)28-30)8-10-24-11-9-23/h2-7,12,14,24,30H,8-11,13,15H2,1H3,(H,25,27)(H,28,29). The maximum Gasteiger partial charge on any atom is 0.245 e. The predicted molar refractivity (Wildman–Crippen MR) is 118 cm³/mol. The maximum absolute atomic E-state index is 11.8. The number of benzene rings is 1. The number of anilines is 1. The molecule has 0 unspecified atom stereocenters. The number of nitrogens with zero attached hydrogens (tertiary/aromatic N) is 2. The summed E-state index contributed by atoms with van der Waals surface area (Å²) >= 11 is 0. The maximum atomic E-state index is 11.8. The highest BCUT2D eigenvalue weighted by molar-refractivity contribution is 5.82. The van der Waals surface area contributed by atoms with Crippen LogP contribution in [0.15, 0.2) is 48.7 Å². The Labute approximate surface area is 181 Å². The Bertz CT molecular complexity index is 1050. The smallest absolute Gasteiger partial charge is 0.245 e. The lowest BCUT2D eigenvalue weighted by atomic mass is 9.84. The van der Waals surface area contributed by atoms with Crippen LogP contribution in [0.1, 0.15) is 30.5 Å². The second kappa shape index (κ2) is 9.28. The zero-order chi connectivity index (χ0) is 21.7. The van der Waals surface area contributed by atoms with Gasteiger partial charge in [0.2, 0.25) is 5.91 Å². The van der Waals surface area contributed by atoms with E-state index in [4.69, 9.17) is 9.94 Å². The molecule has 0 radical (unpaired) electrons. The fourth-order valence-corrected chi connectivity index (χ4v) is 4.08. The summed E-state index contributed by atoms with van der Waals surface area (Å²) in [6.45, 7) is 3.99. The van der Waals surface area contributed by atoms with Gasteiger partial charge in [-0.25, -0.2) is 10.5 Å². The first kappa shape index (κ1) is 21.0. The molecule has 1 saturated heterocycles.